The van der Waals surface area contributed by atoms with Crippen LogP contribution in [0.3, 0.4) is 0 Å². The van der Waals surface area contributed by atoms with Gasteiger partial charge in [-0.1, -0.05) is 0 Å². The van der Waals surface area contributed by atoms with Crippen molar-refractivity contribution in [2.75, 3.05) is 21.3 Å². The summed E-state index contributed by atoms with van der Waals surface area (Å²) in [6, 6.07) is 1.63. The minimum atomic E-state index is -0.412. The van der Waals surface area contributed by atoms with Crippen molar-refractivity contribution in [2.24, 2.45) is 0 Å². The lowest BCUT2D eigenvalue weighted by molar-refractivity contribution is -0.119. The molecule has 0 bridgehead atoms. The maximum Gasteiger partial charge on any atom is 0.341 e. The molecule has 0 saturated heterocycles. The van der Waals surface area contributed by atoms with Crippen LogP contribution in [0.4, 0.5) is 0 Å². The predicted octanol–water partition coefficient (Wildman–Crippen LogP) is 1.16. The maximum absolute atomic E-state index is 11.2. The van der Waals surface area contributed by atoms with Gasteiger partial charge >= 0.3 is 5.97 Å². The first kappa shape index (κ1) is 14.7. The molecule has 6 heteroatoms. The van der Waals surface area contributed by atoms with Gasteiger partial charge in [-0.3, -0.25) is 0 Å². The first-order chi connectivity index (χ1) is 8.62. The summed E-state index contributed by atoms with van der Waals surface area (Å²) in [5, 5.41) is 3.18. The first-order valence-corrected chi connectivity index (χ1v) is 5.57. The number of carbonyl (C=O) groups is 1. The van der Waals surface area contributed by atoms with Crippen molar-refractivity contribution in [3.05, 3.63) is 23.7 Å². The Kier molecular flexibility index (Phi) is 5.84. The fraction of sp³-hybridized carbons (Fsp3) is 0.583. The number of esters is 1. The molecule has 0 aliphatic carbocycles. The summed E-state index contributed by atoms with van der Waals surface area (Å²) < 4.78 is 20.1. The van der Waals surface area contributed by atoms with E-state index in [4.69, 9.17) is 13.9 Å². The van der Waals surface area contributed by atoms with Gasteiger partial charge in [0.15, 0.2) is 6.29 Å². The van der Waals surface area contributed by atoms with Crippen LogP contribution in [-0.2, 0) is 20.8 Å². The average molecular weight is 257 g/mol. The van der Waals surface area contributed by atoms with E-state index in [0.29, 0.717) is 17.9 Å². The molecule has 0 radical (unpaired) electrons. The zero-order chi connectivity index (χ0) is 13.5. The van der Waals surface area contributed by atoms with Gasteiger partial charge in [0.25, 0.3) is 0 Å². The number of nitrogens with one attached hydrogen (secondary N) is 1. The largest absolute Gasteiger partial charge is 0.467 e. The van der Waals surface area contributed by atoms with Gasteiger partial charge in [-0.05, 0) is 13.0 Å². The standard InChI is InChI=1S/C12H19NO5/c1-8(12(16-3)17-4)13-6-10-5-9(7-18-10)11(14)15-2/h5,7-8,12-13H,6H2,1-4H3. The third-order valence-corrected chi connectivity index (χ3v) is 2.55. The fourth-order valence-electron chi connectivity index (χ4n) is 1.56. The number of hydrogen-bond donors (Lipinski definition) is 1. The van der Waals surface area contributed by atoms with Crippen molar-refractivity contribution < 1.29 is 23.4 Å². The predicted molar refractivity (Wildman–Crippen MR) is 64.2 cm³/mol. The molecule has 1 heterocycles. The van der Waals surface area contributed by atoms with Crippen LogP contribution in [0.2, 0.25) is 0 Å². The number of rotatable bonds is 7. The number of ether oxygens (including phenoxy) is 3. The number of methoxy groups -OCH3 is 3. The third kappa shape index (κ3) is 3.83. The Labute approximate surface area is 106 Å². The normalized spacial score (nSPS) is 12.7. The molecule has 0 amide bonds. The van der Waals surface area contributed by atoms with Crippen LogP contribution in [0.15, 0.2) is 16.7 Å². The summed E-state index contributed by atoms with van der Waals surface area (Å²) in [5.41, 5.74) is 0.400. The summed E-state index contributed by atoms with van der Waals surface area (Å²) in [6.45, 7) is 2.41. The van der Waals surface area contributed by atoms with Gasteiger partial charge in [0, 0.05) is 14.2 Å². The monoisotopic (exact) mass is 257 g/mol. The van der Waals surface area contributed by atoms with Gasteiger partial charge in [0.1, 0.15) is 12.0 Å². The number of carbonyl (C=O) groups excluding carboxylic acids is 1. The summed E-state index contributed by atoms with van der Waals surface area (Å²) in [5.74, 6) is 0.234. The summed E-state index contributed by atoms with van der Waals surface area (Å²) in [6.07, 6.45) is 1.04. The molecular formula is C12H19NO5. The SMILES string of the molecule is COC(=O)c1coc(CNC(C)C(OC)OC)c1. The molecule has 102 valence electrons. The van der Waals surface area contributed by atoms with Crippen molar-refractivity contribution in [2.45, 2.75) is 25.8 Å². The Bertz CT molecular complexity index is 372. The second kappa shape index (κ2) is 7.15. The first-order valence-electron chi connectivity index (χ1n) is 5.57. The molecule has 0 spiro atoms. The zero-order valence-corrected chi connectivity index (χ0v) is 11.1. The van der Waals surface area contributed by atoms with E-state index in [1.54, 1.807) is 20.3 Å². The molecule has 1 atom stereocenters. The molecule has 1 N–H and O–H groups in total. The van der Waals surface area contributed by atoms with E-state index in [1.807, 2.05) is 6.92 Å². The minimum absolute atomic E-state index is 0.00771. The molecule has 1 aromatic heterocycles. The molecule has 1 rings (SSSR count). The van der Waals surface area contributed by atoms with Gasteiger partial charge in [0.2, 0.25) is 0 Å². The van der Waals surface area contributed by atoms with Crippen molar-refractivity contribution >= 4 is 5.97 Å². The highest BCUT2D eigenvalue weighted by Gasteiger charge is 2.16. The lowest BCUT2D eigenvalue weighted by Crippen LogP contribution is -2.39. The second-order valence-electron chi connectivity index (χ2n) is 3.80. The maximum atomic E-state index is 11.2. The van der Waals surface area contributed by atoms with E-state index in [-0.39, 0.29) is 12.3 Å². The van der Waals surface area contributed by atoms with E-state index >= 15 is 0 Å². The minimum Gasteiger partial charge on any atom is -0.467 e. The third-order valence-electron chi connectivity index (χ3n) is 2.55. The van der Waals surface area contributed by atoms with Gasteiger partial charge in [0.05, 0.1) is 25.3 Å². The van der Waals surface area contributed by atoms with Crippen LogP contribution < -0.4 is 5.32 Å². The van der Waals surface area contributed by atoms with Crippen LogP contribution >= 0.6 is 0 Å². The van der Waals surface area contributed by atoms with Crippen LogP contribution in [0.25, 0.3) is 0 Å². The number of hydrogen-bond acceptors (Lipinski definition) is 6. The highest BCUT2D eigenvalue weighted by atomic mass is 16.7. The van der Waals surface area contributed by atoms with E-state index < -0.39 is 5.97 Å². The van der Waals surface area contributed by atoms with Gasteiger partial charge in [-0.25, -0.2) is 4.79 Å². The molecule has 6 nitrogen and oxygen atoms in total. The fourth-order valence-corrected chi connectivity index (χ4v) is 1.56. The zero-order valence-electron chi connectivity index (χ0n) is 11.1. The second-order valence-corrected chi connectivity index (χ2v) is 3.80. The molecule has 18 heavy (non-hydrogen) atoms. The van der Waals surface area contributed by atoms with Crippen molar-refractivity contribution in [1.29, 1.82) is 0 Å². The lowest BCUT2D eigenvalue weighted by atomic mass is 10.3. The topological polar surface area (TPSA) is 69.9 Å². The lowest BCUT2D eigenvalue weighted by Gasteiger charge is -2.21. The quantitative estimate of drug-likeness (QED) is 0.584. The molecule has 0 aliphatic heterocycles. The Hall–Kier alpha value is -1.37. The van der Waals surface area contributed by atoms with Gasteiger partial charge in [-0.2, -0.15) is 0 Å². The Morgan fingerprint density at radius 1 is 1.39 bits per heavy atom. The molecule has 0 aromatic carbocycles. The molecule has 1 aromatic rings. The number of furan rings is 1. The molecule has 0 aliphatic rings. The smallest absolute Gasteiger partial charge is 0.341 e. The van der Waals surface area contributed by atoms with E-state index in [2.05, 4.69) is 10.1 Å². The Balaban J connectivity index is 2.48. The van der Waals surface area contributed by atoms with Crippen LogP contribution in [-0.4, -0.2) is 39.6 Å². The van der Waals surface area contributed by atoms with E-state index in [1.165, 1.54) is 13.4 Å². The van der Waals surface area contributed by atoms with Crippen molar-refractivity contribution in [1.82, 2.24) is 5.32 Å². The van der Waals surface area contributed by atoms with E-state index in [0.717, 1.165) is 0 Å². The van der Waals surface area contributed by atoms with Crippen LogP contribution in [0, 0.1) is 0 Å². The van der Waals surface area contributed by atoms with Crippen molar-refractivity contribution in [3.63, 3.8) is 0 Å². The summed E-state index contributed by atoms with van der Waals surface area (Å²) in [4.78, 5) is 11.2. The highest BCUT2D eigenvalue weighted by molar-refractivity contribution is 5.88. The Morgan fingerprint density at radius 2 is 2.06 bits per heavy atom. The summed E-state index contributed by atoms with van der Waals surface area (Å²) in [7, 11) is 4.49. The van der Waals surface area contributed by atoms with E-state index in [9.17, 15) is 4.79 Å². The van der Waals surface area contributed by atoms with Gasteiger partial charge < -0.3 is 23.9 Å². The molecular weight excluding hydrogens is 238 g/mol. The average Bonchev–Trinajstić information content (AvgIpc) is 2.85. The molecule has 0 fully saturated rings. The van der Waals surface area contributed by atoms with Crippen molar-refractivity contribution in [3.8, 4) is 0 Å². The molecule has 0 saturated carbocycles. The molecule has 1 unspecified atom stereocenters. The highest BCUT2D eigenvalue weighted by Crippen LogP contribution is 2.09. The Morgan fingerprint density at radius 3 is 2.61 bits per heavy atom. The van der Waals surface area contributed by atoms with Gasteiger partial charge in [-0.15, -0.1) is 0 Å². The van der Waals surface area contributed by atoms with Crippen LogP contribution in [0.5, 0.6) is 0 Å². The summed E-state index contributed by atoms with van der Waals surface area (Å²) >= 11 is 0. The van der Waals surface area contributed by atoms with Crippen LogP contribution in [0.1, 0.15) is 23.0 Å².